The minimum Gasteiger partial charge on any atom is -0.484 e. The van der Waals surface area contributed by atoms with Gasteiger partial charge in [0.1, 0.15) is 11.8 Å². The molecule has 0 radical (unpaired) electrons. The first-order chi connectivity index (χ1) is 17.6. The fraction of sp³-hybridized carbons (Fsp3) is 0.355. The Balaban J connectivity index is 1.91. The SMILES string of the molecule is Cc1cccc(CN(C(=O)COc2cc(C)c(Cl)c(C)c2)[C@@H](Cc2ccccc2)C(=O)NCC(C)C)c1. The summed E-state index contributed by atoms with van der Waals surface area (Å²) < 4.78 is 5.92. The van der Waals surface area contributed by atoms with E-state index in [9.17, 15) is 9.59 Å². The molecule has 1 atom stereocenters. The lowest BCUT2D eigenvalue weighted by Crippen LogP contribution is -2.52. The summed E-state index contributed by atoms with van der Waals surface area (Å²) in [6.45, 7) is 10.6. The molecule has 6 heteroatoms. The van der Waals surface area contributed by atoms with Crippen LogP contribution >= 0.6 is 11.6 Å². The van der Waals surface area contributed by atoms with Crippen LogP contribution in [0.3, 0.4) is 0 Å². The van der Waals surface area contributed by atoms with Crippen LogP contribution in [-0.2, 0) is 22.6 Å². The molecule has 0 aromatic heterocycles. The van der Waals surface area contributed by atoms with E-state index in [2.05, 4.69) is 5.32 Å². The van der Waals surface area contributed by atoms with Crippen molar-refractivity contribution in [2.75, 3.05) is 13.2 Å². The first-order valence-corrected chi connectivity index (χ1v) is 13.1. The molecular weight excluding hydrogens is 484 g/mol. The van der Waals surface area contributed by atoms with Crippen molar-refractivity contribution < 1.29 is 14.3 Å². The number of benzene rings is 3. The van der Waals surface area contributed by atoms with E-state index in [1.807, 2.05) is 101 Å². The summed E-state index contributed by atoms with van der Waals surface area (Å²) in [7, 11) is 0. The van der Waals surface area contributed by atoms with Crippen molar-refractivity contribution in [1.29, 1.82) is 0 Å². The maximum atomic E-state index is 13.7. The predicted molar refractivity (Wildman–Crippen MR) is 150 cm³/mol. The minimum absolute atomic E-state index is 0.170. The number of nitrogens with zero attached hydrogens (tertiary/aromatic N) is 1. The molecule has 0 aliphatic rings. The van der Waals surface area contributed by atoms with Crippen LogP contribution in [0.2, 0.25) is 5.02 Å². The average Bonchev–Trinajstić information content (AvgIpc) is 2.87. The first kappa shape index (κ1) is 28.3. The van der Waals surface area contributed by atoms with E-state index in [0.29, 0.717) is 36.2 Å². The standard InChI is InChI=1S/C31H37ClN2O3/c1-21(2)18-33-31(36)28(17-25-11-7-6-8-12-25)34(19-26-13-9-10-22(3)14-26)29(35)20-37-27-15-23(4)30(32)24(5)16-27/h6-16,21,28H,17-20H2,1-5H3,(H,33,36)/t28-/m0/s1. The van der Waals surface area contributed by atoms with Crippen molar-refractivity contribution in [1.82, 2.24) is 10.2 Å². The lowest BCUT2D eigenvalue weighted by atomic mass is 10.0. The molecule has 3 rings (SSSR count). The number of carbonyl (C=O) groups is 2. The largest absolute Gasteiger partial charge is 0.484 e. The molecule has 0 heterocycles. The third-order valence-electron chi connectivity index (χ3n) is 6.16. The van der Waals surface area contributed by atoms with Crippen molar-refractivity contribution in [2.45, 2.75) is 53.6 Å². The second-order valence-electron chi connectivity index (χ2n) is 10.0. The molecule has 2 amide bonds. The first-order valence-electron chi connectivity index (χ1n) is 12.7. The van der Waals surface area contributed by atoms with Gasteiger partial charge in [-0.15, -0.1) is 0 Å². The third-order valence-corrected chi connectivity index (χ3v) is 6.76. The second-order valence-corrected chi connectivity index (χ2v) is 10.4. The quantitative estimate of drug-likeness (QED) is 0.334. The van der Waals surface area contributed by atoms with Gasteiger partial charge in [0.15, 0.2) is 6.61 Å². The lowest BCUT2D eigenvalue weighted by molar-refractivity contribution is -0.142. The van der Waals surface area contributed by atoms with Crippen LogP contribution in [0.15, 0.2) is 66.7 Å². The molecule has 0 unspecified atom stereocenters. The molecule has 37 heavy (non-hydrogen) atoms. The number of aryl methyl sites for hydroxylation is 3. The van der Waals surface area contributed by atoms with E-state index in [1.54, 1.807) is 4.90 Å². The number of nitrogens with one attached hydrogen (secondary N) is 1. The van der Waals surface area contributed by atoms with Gasteiger partial charge in [-0.25, -0.2) is 0 Å². The van der Waals surface area contributed by atoms with Gasteiger partial charge in [-0.1, -0.05) is 85.6 Å². The molecule has 0 bridgehead atoms. The van der Waals surface area contributed by atoms with Gasteiger partial charge in [0, 0.05) is 24.5 Å². The number of ether oxygens (including phenoxy) is 1. The number of amides is 2. The number of carbonyl (C=O) groups excluding carboxylic acids is 2. The van der Waals surface area contributed by atoms with Gasteiger partial charge in [-0.3, -0.25) is 9.59 Å². The molecule has 0 spiro atoms. The molecule has 0 saturated carbocycles. The summed E-state index contributed by atoms with van der Waals surface area (Å²) in [4.78, 5) is 28.9. The smallest absolute Gasteiger partial charge is 0.261 e. The van der Waals surface area contributed by atoms with Gasteiger partial charge in [0.25, 0.3) is 5.91 Å². The third kappa shape index (κ3) is 8.36. The van der Waals surface area contributed by atoms with Crippen LogP contribution in [0.25, 0.3) is 0 Å². The van der Waals surface area contributed by atoms with Crippen LogP contribution < -0.4 is 10.1 Å². The summed E-state index contributed by atoms with van der Waals surface area (Å²) >= 11 is 6.30. The summed E-state index contributed by atoms with van der Waals surface area (Å²) in [5, 5.41) is 3.73. The van der Waals surface area contributed by atoms with E-state index >= 15 is 0 Å². The van der Waals surface area contributed by atoms with Crippen molar-refractivity contribution in [3.8, 4) is 5.75 Å². The number of hydrogen-bond acceptors (Lipinski definition) is 3. The highest BCUT2D eigenvalue weighted by Gasteiger charge is 2.30. The van der Waals surface area contributed by atoms with Gasteiger partial charge in [0.05, 0.1) is 0 Å². The van der Waals surface area contributed by atoms with E-state index < -0.39 is 6.04 Å². The summed E-state index contributed by atoms with van der Waals surface area (Å²) in [5.74, 6) is 0.443. The molecule has 1 N–H and O–H groups in total. The van der Waals surface area contributed by atoms with Gasteiger partial charge >= 0.3 is 0 Å². The summed E-state index contributed by atoms with van der Waals surface area (Å²) in [6, 6.07) is 20.7. The fourth-order valence-electron chi connectivity index (χ4n) is 4.20. The summed E-state index contributed by atoms with van der Waals surface area (Å²) in [6.07, 6.45) is 0.404. The Hall–Kier alpha value is -3.31. The molecule has 0 saturated heterocycles. The van der Waals surface area contributed by atoms with Gasteiger partial charge < -0.3 is 15.0 Å². The Morgan fingerprint density at radius 2 is 1.57 bits per heavy atom. The highest BCUT2D eigenvalue weighted by molar-refractivity contribution is 6.32. The predicted octanol–water partition coefficient (Wildman–Crippen LogP) is 6.06. The molecule has 0 fully saturated rings. The molecule has 196 valence electrons. The van der Waals surface area contributed by atoms with Gasteiger partial charge in [-0.05, 0) is 61.1 Å². The highest BCUT2D eigenvalue weighted by Crippen LogP contribution is 2.26. The average molecular weight is 521 g/mol. The molecule has 0 aliphatic carbocycles. The van der Waals surface area contributed by atoms with Crippen molar-refractivity contribution in [3.63, 3.8) is 0 Å². The highest BCUT2D eigenvalue weighted by atomic mass is 35.5. The zero-order valence-corrected chi connectivity index (χ0v) is 23.1. The Kier molecular flexibility index (Phi) is 10.2. The summed E-state index contributed by atoms with van der Waals surface area (Å²) in [5.41, 5.74) is 4.81. The zero-order valence-electron chi connectivity index (χ0n) is 22.4. The topological polar surface area (TPSA) is 58.6 Å². The minimum atomic E-state index is -0.688. The maximum absolute atomic E-state index is 13.7. The van der Waals surface area contributed by atoms with Crippen LogP contribution in [0.1, 0.15) is 41.7 Å². The van der Waals surface area contributed by atoms with Crippen molar-refractivity contribution in [3.05, 3.63) is 99.6 Å². The number of halogens is 1. The number of rotatable bonds is 11. The normalized spacial score (nSPS) is 11.8. The molecular formula is C31H37ClN2O3. The van der Waals surface area contributed by atoms with E-state index in [4.69, 9.17) is 16.3 Å². The molecule has 0 aliphatic heterocycles. The fourth-order valence-corrected chi connectivity index (χ4v) is 4.31. The Morgan fingerprint density at radius 3 is 2.19 bits per heavy atom. The maximum Gasteiger partial charge on any atom is 0.261 e. The Bertz CT molecular complexity index is 1190. The van der Waals surface area contributed by atoms with Crippen LogP contribution in [-0.4, -0.2) is 35.9 Å². The zero-order chi connectivity index (χ0) is 26.9. The van der Waals surface area contributed by atoms with Crippen molar-refractivity contribution in [2.24, 2.45) is 5.92 Å². The lowest BCUT2D eigenvalue weighted by Gasteiger charge is -2.32. The monoisotopic (exact) mass is 520 g/mol. The van der Waals surface area contributed by atoms with E-state index in [1.165, 1.54) is 0 Å². The van der Waals surface area contributed by atoms with E-state index in [-0.39, 0.29) is 18.4 Å². The van der Waals surface area contributed by atoms with Crippen LogP contribution in [0, 0.1) is 26.7 Å². The van der Waals surface area contributed by atoms with Crippen LogP contribution in [0.4, 0.5) is 0 Å². The van der Waals surface area contributed by atoms with Crippen molar-refractivity contribution >= 4 is 23.4 Å². The Labute approximate surface area is 225 Å². The Morgan fingerprint density at radius 1 is 0.919 bits per heavy atom. The second kappa shape index (κ2) is 13.3. The van der Waals surface area contributed by atoms with E-state index in [0.717, 1.165) is 27.8 Å². The molecule has 5 nitrogen and oxygen atoms in total. The van der Waals surface area contributed by atoms with Crippen LogP contribution in [0.5, 0.6) is 5.75 Å². The molecule has 3 aromatic rings. The van der Waals surface area contributed by atoms with Gasteiger partial charge in [-0.2, -0.15) is 0 Å². The molecule has 3 aromatic carbocycles. The van der Waals surface area contributed by atoms with Gasteiger partial charge in [0.2, 0.25) is 5.91 Å². The number of hydrogen-bond donors (Lipinski definition) is 1.